The number of halogens is 4. The average Bonchev–Trinajstić information content (AvgIpc) is 3.30. The van der Waals surface area contributed by atoms with Gasteiger partial charge in [0.1, 0.15) is 11.5 Å². The highest BCUT2D eigenvalue weighted by molar-refractivity contribution is 6.74. The van der Waals surface area contributed by atoms with Crippen molar-refractivity contribution in [3.63, 3.8) is 0 Å². The van der Waals surface area contributed by atoms with Crippen molar-refractivity contribution in [3.8, 4) is 11.1 Å². The maximum atomic E-state index is 14.0. The lowest BCUT2D eigenvalue weighted by Gasteiger charge is -2.40. The molecule has 1 amide bonds. The molecule has 41 heavy (non-hydrogen) atoms. The summed E-state index contributed by atoms with van der Waals surface area (Å²) in [6.07, 6.45) is -1.03. The van der Waals surface area contributed by atoms with Gasteiger partial charge in [0, 0.05) is 42.7 Å². The highest BCUT2D eigenvalue weighted by atomic mass is 35.5. The van der Waals surface area contributed by atoms with Gasteiger partial charge in [0.2, 0.25) is 0 Å². The number of alkyl halides is 3. The third-order valence-corrected chi connectivity index (χ3v) is 12.7. The number of fused-ring (bicyclic) bond motifs is 1. The predicted molar refractivity (Wildman–Crippen MR) is 160 cm³/mol. The van der Waals surface area contributed by atoms with E-state index in [2.05, 4.69) is 44.2 Å². The zero-order valence-corrected chi connectivity index (χ0v) is 26.3. The van der Waals surface area contributed by atoms with Crippen molar-refractivity contribution in [2.24, 2.45) is 0 Å². The first-order valence-corrected chi connectivity index (χ1v) is 17.0. The molecule has 1 N–H and O–H groups in total. The van der Waals surface area contributed by atoms with Crippen LogP contribution in [0.2, 0.25) is 23.2 Å². The Morgan fingerprint density at radius 2 is 1.83 bits per heavy atom. The lowest BCUT2D eigenvalue weighted by molar-refractivity contribution is -0.137. The maximum absolute atomic E-state index is 14.0. The Bertz CT molecular complexity index is 1420. The summed E-state index contributed by atoms with van der Waals surface area (Å²) in [6.45, 7) is 15.4. The maximum Gasteiger partial charge on any atom is 0.416 e. The smallest absolute Gasteiger partial charge is 0.414 e. The molecule has 6 nitrogen and oxygen atoms in total. The van der Waals surface area contributed by atoms with Crippen molar-refractivity contribution in [2.75, 3.05) is 18.5 Å². The van der Waals surface area contributed by atoms with E-state index in [9.17, 15) is 18.0 Å². The van der Waals surface area contributed by atoms with E-state index < -0.39 is 26.1 Å². The van der Waals surface area contributed by atoms with Crippen LogP contribution < -0.4 is 5.32 Å². The van der Waals surface area contributed by atoms with Gasteiger partial charge in [-0.15, -0.1) is 0 Å². The summed E-state index contributed by atoms with van der Waals surface area (Å²) in [5.74, 6) is 0.401. The highest BCUT2D eigenvalue weighted by Crippen LogP contribution is 2.39. The molecule has 0 saturated heterocycles. The SMILES string of the molecule is CC(C)Nc1cc(-c2cc3n(c2)CCN(C(CO[Si](C)(C)C(C)(C)C)c2cccc(C(F)(F)F)c2)C3=O)c(Cl)cn1. The van der Waals surface area contributed by atoms with Crippen molar-refractivity contribution < 1.29 is 22.4 Å². The molecule has 0 bridgehead atoms. The molecule has 4 rings (SSSR count). The average molecular weight is 607 g/mol. The molecule has 1 aromatic carbocycles. The van der Waals surface area contributed by atoms with Crippen LogP contribution in [0.4, 0.5) is 19.0 Å². The molecule has 0 spiro atoms. The number of carbonyl (C=O) groups excluding carboxylic acids is 1. The van der Waals surface area contributed by atoms with Crippen LogP contribution in [0, 0.1) is 0 Å². The number of pyridine rings is 1. The van der Waals surface area contributed by atoms with Crippen LogP contribution in [0.25, 0.3) is 11.1 Å². The van der Waals surface area contributed by atoms with Crippen LogP contribution >= 0.6 is 11.6 Å². The first-order valence-electron chi connectivity index (χ1n) is 13.7. The van der Waals surface area contributed by atoms with Crippen LogP contribution in [0.5, 0.6) is 0 Å². The van der Waals surface area contributed by atoms with E-state index >= 15 is 0 Å². The Morgan fingerprint density at radius 3 is 2.46 bits per heavy atom. The van der Waals surface area contributed by atoms with Crippen molar-refractivity contribution in [1.29, 1.82) is 0 Å². The molecular weight excluding hydrogens is 569 g/mol. The van der Waals surface area contributed by atoms with Gasteiger partial charge in [-0.3, -0.25) is 4.79 Å². The van der Waals surface area contributed by atoms with Crippen molar-refractivity contribution in [2.45, 2.75) is 77.6 Å². The minimum atomic E-state index is -4.50. The Kier molecular flexibility index (Phi) is 8.69. The molecule has 1 unspecified atom stereocenters. The van der Waals surface area contributed by atoms with Crippen LogP contribution in [0.3, 0.4) is 0 Å². The van der Waals surface area contributed by atoms with E-state index in [-0.39, 0.29) is 23.6 Å². The topological polar surface area (TPSA) is 59.4 Å². The third kappa shape index (κ3) is 6.81. The van der Waals surface area contributed by atoms with Crippen LogP contribution in [-0.2, 0) is 17.1 Å². The number of benzene rings is 1. The molecule has 0 fully saturated rings. The predicted octanol–water partition coefficient (Wildman–Crippen LogP) is 8.26. The highest BCUT2D eigenvalue weighted by Gasteiger charge is 2.40. The summed E-state index contributed by atoms with van der Waals surface area (Å²) < 4.78 is 49.3. The van der Waals surface area contributed by atoms with Crippen LogP contribution in [0.15, 0.2) is 48.8 Å². The second-order valence-corrected chi connectivity index (χ2v) is 17.6. The summed E-state index contributed by atoms with van der Waals surface area (Å²) in [5.41, 5.74) is 1.60. The zero-order valence-electron chi connectivity index (χ0n) is 24.6. The normalized spacial score (nSPS) is 15.3. The van der Waals surface area contributed by atoms with Gasteiger partial charge in [-0.25, -0.2) is 4.98 Å². The van der Waals surface area contributed by atoms with E-state index in [1.165, 1.54) is 6.07 Å². The van der Waals surface area contributed by atoms with Crippen LogP contribution in [0.1, 0.15) is 62.3 Å². The Morgan fingerprint density at radius 1 is 1.12 bits per heavy atom. The Hall–Kier alpha value is -2.82. The van der Waals surface area contributed by atoms with Gasteiger partial charge in [0.05, 0.1) is 23.2 Å². The standard InChI is InChI=1S/C30H38ClF3N4O2Si/c1-19(2)36-27-15-23(24(31)16-35-27)21-14-25-28(39)38(12-11-37(25)17-21)26(18-40-41(6,7)29(3,4)5)20-9-8-10-22(13-20)30(32,33)34/h8-10,13-17,19,26H,11-12,18H2,1-7H3,(H,35,36). The molecule has 0 saturated carbocycles. The first kappa shape index (κ1) is 31.1. The van der Waals surface area contributed by atoms with E-state index in [0.717, 1.165) is 23.3 Å². The molecule has 1 aliphatic rings. The monoisotopic (exact) mass is 606 g/mol. The van der Waals surface area contributed by atoms with E-state index in [1.807, 2.05) is 30.7 Å². The van der Waals surface area contributed by atoms with Crippen molar-refractivity contribution in [1.82, 2.24) is 14.5 Å². The number of hydrogen-bond acceptors (Lipinski definition) is 4. The summed E-state index contributed by atoms with van der Waals surface area (Å²) in [4.78, 5) is 19.9. The largest absolute Gasteiger partial charge is 0.416 e. The second-order valence-electron chi connectivity index (χ2n) is 12.4. The summed E-state index contributed by atoms with van der Waals surface area (Å²) in [6, 6.07) is 8.34. The van der Waals surface area contributed by atoms with Gasteiger partial charge >= 0.3 is 6.18 Å². The zero-order chi connectivity index (χ0) is 30.3. The quantitative estimate of drug-likeness (QED) is 0.262. The lowest BCUT2D eigenvalue weighted by atomic mass is 10.0. The molecule has 222 valence electrons. The minimum Gasteiger partial charge on any atom is -0.414 e. The van der Waals surface area contributed by atoms with Gasteiger partial charge in [0.25, 0.3) is 5.91 Å². The van der Waals surface area contributed by atoms with E-state index in [0.29, 0.717) is 35.2 Å². The molecule has 0 aliphatic carbocycles. The molecule has 1 atom stereocenters. The third-order valence-electron chi connectivity index (χ3n) is 7.94. The van der Waals surface area contributed by atoms with Gasteiger partial charge in [-0.2, -0.15) is 13.2 Å². The lowest BCUT2D eigenvalue weighted by Crippen LogP contribution is -2.47. The number of hydrogen-bond donors (Lipinski definition) is 1. The van der Waals surface area contributed by atoms with Gasteiger partial charge in [0.15, 0.2) is 8.32 Å². The fourth-order valence-electron chi connectivity index (χ4n) is 4.61. The summed E-state index contributed by atoms with van der Waals surface area (Å²) >= 11 is 6.50. The number of carbonyl (C=O) groups is 1. The Labute approximate surface area is 246 Å². The summed E-state index contributed by atoms with van der Waals surface area (Å²) in [7, 11) is -2.26. The summed E-state index contributed by atoms with van der Waals surface area (Å²) in [5, 5.41) is 3.61. The number of nitrogens with zero attached hydrogens (tertiary/aromatic N) is 3. The molecule has 11 heteroatoms. The number of nitrogens with one attached hydrogen (secondary N) is 1. The first-order chi connectivity index (χ1) is 19.0. The van der Waals surface area contributed by atoms with Crippen LogP contribution in [-0.4, -0.2) is 47.9 Å². The molecule has 0 radical (unpaired) electrons. The minimum absolute atomic E-state index is 0.103. The Balaban J connectivity index is 1.70. The van der Waals surface area contributed by atoms with Crippen molar-refractivity contribution >= 4 is 31.6 Å². The number of amides is 1. The van der Waals surface area contributed by atoms with E-state index in [4.69, 9.17) is 16.0 Å². The molecule has 3 aromatic rings. The van der Waals surface area contributed by atoms with Crippen molar-refractivity contribution in [3.05, 3.63) is 70.6 Å². The number of aromatic nitrogens is 2. The molecular formula is C30H38ClF3N4O2Si. The fourth-order valence-corrected chi connectivity index (χ4v) is 5.83. The van der Waals surface area contributed by atoms with Gasteiger partial charge < -0.3 is 19.2 Å². The molecule has 2 aromatic heterocycles. The fraction of sp³-hybridized carbons (Fsp3) is 0.467. The second kappa shape index (κ2) is 11.5. The van der Waals surface area contributed by atoms with Gasteiger partial charge in [-0.1, -0.05) is 44.5 Å². The van der Waals surface area contributed by atoms with E-state index in [1.54, 1.807) is 23.2 Å². The van der Waals surface area contributed by atoms with Gasteiger partial charge in [-0.05, 0) is 61.8 Å². The number of rotatable bonds is 8. The molecule has 1 aliphatic heterocycles. The number of anilines is 1. The molecule has 3 heterocycles.